The second-order valence-electron chi connectivity index (χ2n) is 4.96. The van der Waals surface area contributed by atoms with Gasteiger partial charge in [0.15, 0.2) is 0 Å². The van der Waals surface area contributed by atoms with Gasteiger partial charge in [0, 0.05) is 23.2 Å². The van der Waals surface area contributed by atoms with Crippen LogP contribution in [0.15, 0.2) is 0 Å². The summed E-state index contributed by atoms with van der Waals surface area (Å²) >= 11 is 3.86. The van der Waals surface area contributed by atoms with Gasteiger partial charge in [0.2, 0.25) is 0 Å². The van der Waals surface area contributed by atoms with Gasteiger partial charge in [-0.3, -0.25) is 4.79 Å². The maximum absolute atomic E-state index is 12.3. The van der Waals surface area contributed by atoms with Crippen LogP contribution in [0.4, 0.5) is 0 Å². The smallest absolute Gasteiger partial charge is 0.149 e. The minimum atomic E-state index is 0.321. The first kappa shape index (κ1) is 12.8. The molecule has 1 aliphatic carbocycles. The summed E-state index contributed by atoms with van der Waals surface area (Å²) in [5, 5.41) is 0.321. The average Bonchev–Trinajstić information content (AvgIpc) is 2.39. The Morgan fingerprint density at radius 2 is 1.94 bits per heavy atom. The monoisotopic (exact) mass is 258 g/mol. The molecule has 1 heterocycles. The van der Waals surface area contributed by atoms with E-state index < -0.39 is 0 Å². The Kier molecular flexibility index (Phi) is 5.08. The summed E-state index contributed by atoms with van der Waals surface area (Å²) in [6.07, 6.45) is 6.21. The molecule has 0 aromatic rings. The molecule has 1 nitrogen and oxygen atoms in total. The second-order valence-corrected chi connectivity index (χ2v) is 7.42. The zero-order chi connectivity index (χ0) is 11.4. The van der Waals surface area contributed by atoms with Gasteiger partial charge >= 0.3 is 0 Å². The van der Waals surface area contributed by atoms with Crippen LogP contribution in [-0.2, 0) is 4.79 Å². The first-order chi connectivity index (χ1) is 7.81. The SMILES string of the molecule is CCC1CCC(C(=O)C2CSCCS2)CC1. The first-order valence-electron chi connectivity index (χ1n) is 6.54. The Morgan fingerprint density at radius 3 is 2.50 bits per heavy atom. The highest BCUT2D eigenvalue weighted by Gasteiger charge is 2.31. The van der Waals surface area contributed by atoms with E-state index in [1.807, 2.05) is 23.5 Å². The number of rotatable bonds is 3. The van der Waals surface area contributed by atoms with Crippen molar-refractivity contribution in [2.24, 2.45) is 11.8 Å². The molecular weight excluding hydrogens is 236 g/mol. The summed E-state index contributed by atoms with van der Waals surface area (Å²) in [6.45, 7) is 2.28. The van der Waals surface area contributed by atoms with E-state index in [1.54, 1.807) is 0 Å². The lowest BCUT2D eigenvalue weighted by Gasteiger charge is -2.30. The molecule has 0 radical (unpaired) electrons. The van der Waals surface area contributed by atoms with Crippen molar-refractivity contribution >= 4 is 29.3 Å². The Bertz CT molecular complexity index is 228. The van der Waals surface area contributed by atoms with Gasteiger partial charge in [-0.1, -0.05) is 13.3 Å². The molecule has 0 aromatic heterocycles. The minimum absolute atomic E-state index is 0.321. The van der Waals surface area contributed by atoms with Crippen molar-refractivity contribution in [1.29, 1.82) is 0 Å². The number of Topliss-reactive ketones (excluding diaryl/α,β-unsaturated/α-hetero) is 1. The number of thioether (sulfide) groups is 2. The third kappa shape index (κ3) is 3.19. The molecule has 2 fully saturated rings. The Labute approximate surface area is 108 Å². The third-order valence-electron chi connectivity index (χ3n) is 3.96. The van der Waals surface area contributed by atoms with Crippen LogP contribution in [0.5, 0.6) is 0 Å². The van der Waals surface area contributed by atoms with E-state index in [0.29, 0.717) is 17.0 Å². The third-order valence-corrected chi connectivity index (χ3v) is 6.73. The van der Waals surface area contributed by atoms with E-state index in [0.717, 1.165) is 11.7 Å². The van der Waals surface area contributed by atoms with Crippen molar-refractivity contribution in [2.75, 3.05) is 17.3 Å². The molecule has 1 aliphatic heterocycles. The predicted octanol–water partition coefficient (Wildman–Crippen LogP) is 3.62. The molecule has 3 heteroatoms. The van der Waals surface area contributed by atoms with Gasteiger partial charge in [-0.2, -0.15) is 11.8 Å². The molecule has 0 bridgehead atoms. The highest BCUT2D eigenvalue weighted by molar-refractivity contribution is 8.07. The molecule has 2 aliphatic rings. The zero-order valence-electron chi connectivity index (χ0n) is 10.1. The fourth-order valence-corrected chi connectivity index (χ4v) is 5.49. The Hall–Kier alpha value is 0.370. The maximum Gasteiger partial charge on any atom is 0.149 e. The van der Waals surface area contributed by atoms with Crippen molar-refractivity contribution in [3.63, 3.8) is 0 Å². The van der Waals surface area contributed by atoms with Gasteiger partial charge in [-0.05, 0) is 31.6 Å². The Morgan fingerprint density at radius 1 is 1.19 bits per heavy atom. The maximum atomic E-state index is 12.3. The van der Waals surface area contributed by atoms with Crippen molar-refractivity contribution in [3.8, 4) is 0 Å². The molecule has 1 saturated heterocycles. The molecule has 0 N–H and O–H groups in total. The van der Waals surface area contributed by atoms with Crippen LogP contribution in [0.2, 0.25) is 0 Å². The van der Waals surface area contributed by atoms with Crippen LogP contribution in [-0.4, -0.2) is 28.3 Å². The summed E-state index contributed by atoms with van der Waals surface area (Å²) < 4.78 is 0. The lowest BCUT2D eigenvalue weighted by atomic mass is 9.78. The van der Waals surface area contributed by atoms with Gasteiger partial charge in [0.25, 0.3) is 0 Å². The van der Waals surface area contributed by atoms with Gasteiger partial charge in [0.05, 0.1) is 5.25 Å². The number of hydrogen-bond acceptors (Lipinski definition) is 3. The van der Waals surface area contributed by atoms with Crippen molar-refractivity contribution in [2.45, 2.75) is 44.3 Å². The largest absolute Gasteiger partial charge is 0.298 e. The fourth-order valence-electron chi connectivity index (χ4n) is 2.77. The lowest BCUT2D eigenvalue weighted by Crippen LogP contribution is -2.32. The molecule has 1 atom stereocenters. The fraction of sp³-hybridized carbons (Fsp3) is 0.923. The van der Waals surface area contributed by atoms with Crippen molar-refractivity contribution in [3.05, 3.63) is 0 Å². The lowest BCUT2D eigenvalue weighted by molar-refractivity contribution is -0.123. The van der Waals surface area contributed by atoms with Crippen LogP contribution < -0.4 is 0 Å². The van der Waals surface area contributed by atoms with Gasteiger partial charge in [0.1, 0.15) is 5.78 Å². The van der Waals surface area contributed by atoms with Crippen LogP contribution in [0.1, 0.15) is 39.0 Å². The number of carbonyl (C=O) groups excluding carboxylic acids is 1. The highest BCUT2D eigenvalue weighted by atomic mass is 32.2. The van der Waals surface area contributed by atoms with Gasteiger partial charge < -0.3 is 0 Å². The summed E-state index contributed by atoms with van der Waals surface area (Å²) in [6, 6.07) is 0. The summed E-state index contributed by atoms with van der Waals surface area (Å²) in [5.41, 5.74) is 0. The van der Waals surface area contributed by atoms with E-state index >= 15 is 0 Å². The van der Waals surface area contributed by atoms with Crippen LogP contribution in [0, 0.1) is 11.8 Å². The molecule has 0 aromatic carbocycles. The minimum Gasteiger partial charge on any atom is -0.298 e. The first-order valence-corrected chi connectivity index (χ1v) is 8.74. The average molecular weight is 258 g/mol. The van der Waals surface area contributed by atoms with E-state index in [4.69, 9.17) is 0 Å². The second kappa shape index (κ2) is 6.34. The molecule has 0 amide bonds. The van der Waals surface area contributed by atoms with E-state index in [2.05, 4.69) is 6.92 Å². The molecule has 0 spiro atoms. The predicted molar refractivity (Wildman–Crippen MR) is 74.3 cm³/mol. The number of ketones is 1. The number of hydrogen-bond donors (Lipinski definition) is 0. The van der Waals surface area contributed by atoms with Crippen molar-refractivity contribution in [1.82, 2.24) is 0 Å². The van der Waals surface area contributed by atoms with Gasteiger partial charge in [-0.25, -0.2) is 0 Å². The van der Waals surface area contributed by atoms with E-state index in [1.165, 1.54) is 43.6 Å². The number of carbonyl (C=O) groups is 1. The summed E-state index contributed by atoms with van der Waals surface area (Å²) in [4.78, 5) is 12.3. The normalized spacial score (nSPS) is 35.9. The van der Waals surface area contributed by atoms with Crippen molar-refractivity contribution < 1.29 is 4.79 Å². The molecule has 92 valence electrons. The molecule has 16 heavy (non-hydrogen) atoms. The highest BCUT2D eigenvalue weighted by Crippen LogP contribution is 2.35. The summed E-state index contributed by atoms with van der Waals surface area (Å²) in [5.74, 6) is 5.35. The van der Waals surface area contributed by atoms with Gasteiger partial charge in [-0.15, -0.1) is 11.8 Å². The molecule has 1 unspecified atom stereocenters. The standard InChI is InChI=1S/C13H22OS2/c1-2-10-3-5-11(6-4-10)13(14)12-9-15-7-8-16-12/h10-12H,2-9H2,1H3. The Balaban J connectivity index is 1.81. The molecule has 2 rings (SSSR count). The molecule has 1 saturated carbocycles. The van der Waals surface area contributed by atoms with Crippen LogP contribution in [0.25, 0.3) is 0 Å². The van der Waals surface area contributed by atoms with E-state index in [9.17, 15) is 4.79 Å². The molecular formula is C13H22OS2. The zero-order valence-corrected chi connectivity index (χ0v) is 11.7. The van der Waals surface area contributed by atoms with Crippen LogP contribution in [0.3, 0.4) is 0 Å². The van der Waals surface area contributed by atoms with E-state index in [-0.39, 0.29) is 0 Å². The summed E-state index contributed by atoms with van der Waals surface area (Å²) in [7, 11) is 0. The topological polar surface area (TPSA) is 17.1 Å². The quantitative estimate of drug-likeness (QED) is 0.769. The van der Waals surface area contributed by atoms with Crippen LogP contribution >= 0.6 is 23.5 Å².